The van der Waals surface area contributed by atoms with Gasteiger partial charge in [-0.05, 0) is 74.9 Å². The molecule has 0 radical (unpaired) electrons. The summed E-state index contributed by atoms with van der Waals surface area (Å²) in [5, 5.41) is 4.20. The molecule has 0 aliphatic heterocycles. The average molecular weight is 446 g/mol. The molecule has 5 rings (SSSR count). The molecule has 1 aliphatic carbocycles. The van der Waals surface area contributed by atoms with Crippen LogP contribution in [0.3, 0.4) is 0 Å². The van der Waals surface area contributed by atoms with Crippen molar-refractivity contribution in [1.82, 2.24) is 9.55 Å². The standard InChI is InChI=1S/C26H27N3O2S/c1-17(2)29-25(30)23-21-10-6-7-11-22(21)32-24(23)28-26(29)27-19-12-14-20(15-13-19)31-16-18-8-4-3-5-9-18/h3-5,8-9,12-15,17H,6-7,10-11,16H2,1-2H3,(H,27,28). The summed E-state index contributed by atoms with van der Waals surface area (Å²) < 4.78 is 7.67. The van der Waals surface area contributed by atoms with E-state index in [-0.39, 0.29) is 11.6 Å². The van der Waals surface area contributed by atoms with Crippen LogP contribution in [0.4, 0.5) is 11.6 Å². The van der Waals surface area contributed by atoms with Gasteiger partial charge in [-0.2, -0.15) is 0 Å². The first kappa shape index (κ1) is 20.8. The Kier molecular flexibility index (Phi) is 5.70. The van der Waals surface area contributed by atoms with Crippen molar-refractivity contribution in [2.24, 2.45) is 0 Å². The van der Waals surface area contributed by atoms with E-state index < -0.39 is 0 Å². The van der Waals surface area contributed by atoms with Crippen molar-refractivity contribution in [3.05, 3.63) is 81.0 Å². The number of benzene rings is 2. The molecule has 2 heterocycles. The van der Waals surface area contributed by atoms with Gasteiger partial charge in [-0.25, -0.2) is 4.98 Å². The van der Waals surface area contributed by atoms with Crippen molar-refractivity contribution in [2.45, 2.75) is 52.2 Å². The first-order chi connectivity index (χ1) is 15.6. The minimum Gasteiger partial charge on any atom is -0.489 e. The van der Waals surface area contributed by atoms with Crippen LogP contribution >= 0.6 is 11.3 Å². The molecule has 2 aromatic heterocycles. The number of rotatable bonds is 6. The second-order valence-electron chi connectivity index (χ2n) is 8.52. The van der Waals surface area contributed by atoms with Crippen LogP contribution in [0.15, 0.2) is 59.4 Å². The molecule has 0 spiro atoms. The van der Waals surface area contributed by atoms with Gasteiger partial charge in [0.1, 0.15) is 17.2 Å². The summed E-state index contributed by atoms with van der Waals surface area (Å²) in [6.45, 7) is 4.58. The largest absolute Gasteiger partial charge is 0.489 e. The van der Waals surface area contributed by atoms with Gasteiger partial charge in [0.05, 0.1) is 5.39 Å². The summed E-state index contributed by atoms with van der Waals surface area (Å²) >= 11 is 1.68. The van der Waals surface area contributed by atoms with Gasteiger partial charge in [0.25, 0.3) is 5.56 Å². The number of nitrogens with one attached hydrogen (secondary N) is 1. The Labute approximate surface area is 191 Å². The predicted molar refractivity (Wildman–Crippen MR) is 131 cm³/mol. The van der Waals surface area contributed by atoms with E-state index in [0.29, 0.717) is 12.6 Å². The number of aryl methyl sites for hydroxylation is 2. The fraction of sp³-hybridized carbons (Fsp3) is 0.308. The number of ether oxygens (including phenoxy) is 1. The highest BCUT2D eigenvalue weighted by atomic mass is 32.1. The van der Waals surface area contributed by atoms with Gasteiger partial charge < -0.3 is 10.1 Å². The van der Waals surface area contributed by atoms with Crippen LogP contribution in [-0.4, -0.2) is 9.55 Å². The molecule has 0 atom stereocenters. The number of thiophene rings is 1. The monoisotopic (exact) mass is 445 g/mol. The summed E-state index contributed by atoms with van der Waals surface area (Å²) in [7, 11) is 0. The van der Waals surface area contributed by atoms with E-state index in [2.05, 4.69) is 5.32 Å². The molecule has 164 valence electrons. The first-order valence-electron chi connectivity index (χ1n) is 11.2. The van der Waals surface area contributed by atoms with E-state index in [1.54, 1.807) is 15.9 Å². The lowest BCUT2D eigenvalue weighted by atomic mass is 9.97. The summed E-state index contributed by atoms with van der Waals surface area (Å²) in [4.78, 5) is 20.5. The van der Waals surface area contributed by atoms with E-state index in [4.69, 9.17) is 9.72 Å². The summed E-state index contributed by atoms with van der Waals surface area (Å²) in [5.41, 5.74) is 3.30. The molecule has 0 bridgehead atoms. The molecule has 0 fully saturated rings. The Hall–Kier alpha value is -3.12. The maximum atomic E-state index is 13.5. The van der Waals surface area contributed by atoms with Crippen molar-refractivity contribution in [3.63, 3.8) is 0 Å². The van der Waals surface area contributed by atoms with Gasteiger partial charge in [0, 0.05) is 16.6 Å². The smallest absolute Gasteiger partial charge is 0.264 e. The topological polar surface area (TPSA) is 56.1 Å². The third-order valence-electron chi connectivity index (χ3n) is 5.90. The van der Waals surface area contributed by atoms with E-state index in [1.165, 1.54) is 16.9 Å². The number of aromatic nitrogens is 2. The van der Waals surface area contributed by atoms with Crippen LogP contribution < -0.4 is 15.6 Å². The van der Waals surface area contributed by atoms with Crippen LogP contribution in [0.5, 0.6) is 5.75 Å². The van der Waals surface area contributed by atoms with Gasteiger partial charge in [-0.15, -0.1) is 11.3 Å². The van der Waals surface area contributed by atoms with E-state index in [1.807, 2.05) is 68.4 Å². The van der Waals surface area contributed by atoms with Crippen LogP contribution in [-0.2, 0) is 19.4 Å². The lowest BCUT2D eigenvalue weighted by Gasteiger charge is -2.17. The van der Waals surface area contributed by atoms with Crippen molar-refractivity contribution in [1.29, 1.82) is 0 Å². The van der Waals surface area contributed by atoms with Crippen LogP contribution in [0, 0.1) is 0 Å². The minimum absolute atomic E-state index is 0.00881. The molecule has 0 unspecified atom stereocenters. The lowest BCUT2D eigenvalue weighted by molar-refractivity contribution is 0.306. The first-order valence-corrected chi connectivity index (χ1v) is 12.0. The Morgan fingerprint density at radius 2 is 1.81 bits per heavy atom. The van der Waals surface area contributed by atoms with Gasteiger partial charge in [0.15, 0.2) is 0 Å². The van der Waals surface area contributed by atoms with E-state index in [9.17, 15) is 4.79 Å². The molecule has 0 amide bonds. The van der Waals surface area contributed by atoms with Gasteiger partial charge >= 0.3 is 0 Å². The number of hydrogen-bond acceptors (Lipinski definition) is 5. The van der Waals surface area contributed by atoms with Crippen LogP contribution in [0.25, 0.3) is 10.2 Å². The van der Waals surface area contributed by atoms with E-state index >= 15 is 0 Å². The molecule has 5 nitrogen and oxygen atoms in total. The highest BCUT2D eigenvalue weighted by molar-refractivity contribution is 7.18. The molecule has 2 aromatic carbocycles. The van der Waals surface area contributed by atoms with Crippen LogP contribution in [0.1, 0.15) is 48.7 Å². The highest BCUT2D eigenvalue weighted by Gasteiger charge is 2.23. The minimum atomic E-state index is 0.00881. The molecule has 32 heavy (non-hydrogen) atoms. The zero-order valence-corrected chi connectivity index (χ0v) is 19.2. The molecule has 0 saturated carbocycles. The molecule has 6 heteroatoms. The Balaban J connectivity index is 1.42. The van der Waals surface area contributed by atoms with Crippen molar-refractivity contribution in [2.75, 3.05) is 5.32 Å². The van der Waals surface area contributed by atoms with E-state index in [0.717, 1.165) is 46.5 Å². The maximum Gasteiger partial charge on any atom is 0.264 e. The maximum absolute atomic E-state index is 13.5. The Morgan fingerprint density at radius 1 is 1.06 bits per heavy atom. The second kappa shape index (κ2) is 8.79. The third kappa shape index (κ3) is 4.02. The lowest BCUT2D eigenvalue weighted by Crippen LogP contribution is -2.26. The van der Waals surface area contributed by atoms with Gasteiger partial charge in [-0.3, -0.25) is 9.36 Å². The quantitative estimate of drug-likeness (QED) is 0.382. The number of fused-ring (bicyclic) bond motifs is 3. The predicted octanol–water partition coefficient (Wildman–Crippen LogP) is 6.24. The normalized spacial score (nSPS) is 13.3. The number of hydrogen-bond donors (Lipinski definition) is 1. The molecule has 0 saturated heterocycles. The Bertz CT molecular complexity index is 1290. The molecule has 1 aliphatic rings. The summed E-state index contributed by atoms with van der Waals surface area (Å²) in [5.74, 6) is 1.39. The van der Waals surface area contributed by atoms with Crippen molar-refractivity contribution < 1.29 is 4.74 Å². The number of nitrogens with zero attached hydrogens (tertiary/aromatic N) is 2. The molecular weight excluding hydrogens is 418 g/mol. The highest BCUT2D eigenvalue weighted by Crippen LogP contribution is 2.35. The van der Waals surface area contributed by atoms with Gasteiger partial charge in [-0.1, -0.05) is 30.3 Å². The van der Waals surface area contributed by atoms with Gasteiger partial charge in [0.2, 0.25) is 5.95 Å². The molecular formula is C26H27N3O2S. The molecule has 1 N–H and O–H groups in total. The molecule has 4 aromatic rings. The zero-order valence-electron chi connectivity index (χ0n) is 18.4. The fourth-order valence-corrected chi connectivity index (χ4v) is 5.54. The number of anilines is 2. The summed E-state index contributed by atoms with van der Waals surface area (Å²) in [6.07, 6.45) is 4.40. The summed E-state index contributed by atoms with van der Waals surface area (Å²) in [6, 6.07) is 17.9. The SMILES string of the molecule is CC(C)n1c(Nc2ccc(OCc3ccccc3)cc2)nc2sc3c(c2c1=O)CCCC3. The van der Waals surface area contributed by atoms with Crippen molar-refractivity contribution >= 4 is 33.2 Å². The zero-order chi connectivity index (χ0) is 22.1. The fourth-order valence-electron chi connectivity index (χ4n) is 4.29. The van der Waals surface area contributed by atoms with Crippen molar-refractivity contribution in [3.8, 4) is 5.75 Å². The van der Waals surface area contributed by atoms with Crippen LogP contribution in [0.2, 0.25) is 0 Å². The second-order valence-corrected chi connectivity index (χ2v) is 9.60. The third-order valence-corrected chi connectivity index (χ3v) is 7.08. The average Bonchev–Trinajstić information content (AvgIpc) is 3.18. The Morgan fingerprint density at radius 3 is 2.56 bits per heavy atom.